The first-order valence-electron chi connectivity index (χ1n) is 8.04. The molecule has 0 radical (unpaired) electrons. The van der Waals surface area contributed by atoms with Crippen molar-refractivity contribution < 1.29 is 9.53 Å². The van der Waals surface area contributed by atoms with E-state index < -0.39 is 0 Å². The molecule has 1 amide bonds. The second-order valence-corrected chi connectivity index (χ2v) is 5.98. The Bertz CT molecular complexity index is 652. The van der Waals surface area contributed by atoms with Crippen LogP contribution in [0.5, 0.6) is 5.75 Å². The molecule has 0 spiro atoms. The third kappa shape index (κ3) is 3.08. The molecule has 2 atom stereocenters. The van der Waals surface area contributed by atoms with E-state index in [9.17, 15) is 4.79 Å². The molecule has 1 aliphatic carbocycles. The molecular weight excluding hydrogens is 278 g/mol. The van der Waals surface area contributed by atoms with Gasteiger partial charge in [0.1, 0.15) is 11.9 Å². The number of nitrogens with one attached hydrogen (secondary N) is 1. The van der Waals surface area contributed by atoms with Crippen LogP contribution in [0, 0.1) is 0 Å². The maximum Gasteiger partial charge on any atom is 0.219 e. The minimum absolute atomic E-state index is 0.160. The summed E-state index contributed by atoms with van der Waals surface area (Å²) in [4.78, 5) is 13.7. The minimum atomic E-state index is 0.160. The van der Waals surface area contributed by atoms with Gasteiger partial charge in [0.2, 0.25) is 5.91 Å². The fourth-order valence-corrected chi connectivity index (χ4v) is 3.43. The monoisotopic (exact) mass is 301 g/mol. The highest BCUT2D eigenvalue weighted by Crippen LogP contribution is 2.28. The molecule has 1 saturated carbocycles. The fourth-order valence-electron chi connectivity index (χ4n) is 3.43. The summed E-state index contributed by atoms with van der Waals surface area (Å²) in [6.45, 7) is 4.47. The maximum absolute atomic E-state index is 11.7. The summed E-state index contributed by atoms with van der Waals surface area (Å²) >= 11 is 0. The predicted molar refractivity (Wildman–Crippen MR) is 85.8 cm³/mol. The van der Waals surface area contributed by atoms with Crippen LogP contribution in [-0.2, 0) is 4.79 Å². The van der Waals surface area contributed by atoms with Crippen molar-refractivity contribution in [3.8, 4) is 5.75 Å². The molecule has 5 heteroatoms. The lowest BCUT2D eigenvalue weighted by Crippen LogP contribution is -2.43. The zero-order valence-corrected chi connectivity index (χ0v) is 13.2. The Kier molecular flexibility index (Phi) is 4.32. The third-order valence-corrected chi connectivity index (χ3v) is 4.50. The second-order valence-electron chi connectivity index (χ2n) is 5.98. The average molecular weight is 301 g/mol. The van der Waals surface area contributed by atoms with Gasteiger partial charge in [-0.05, 0) is 44.4 Å². The number of carbonyl (C=O) groups is 1. The van der Waals surface area contributed by atoms with E-state index in [1.165, 1.54) is 0 Å². The van der Waals surface area contributed by atoms with E-state index in [-0.39, 0.29) is 12.0 Å². The van der Waals surface area contributed by atoms with E-state index >= 15 is 0 Å². The first kappa shape index (κ1) is 14.9. The van der Waals surface area contributed by atoms with Crippen LogP contribution >= 0.6 is 0 Å². The summed E-state index contributed by atoms with van der Waals surface area (Å²) in [6.07, 6.45) is 6.13. The summed E-state index contributed by atoms with van der Waals surface area (Å²) < 4.78 is 6.16. The summed E-state index contributed by atoms with van der Waals surface area (Å²) in [5, 5.41) is 8.03. The number of aromatic nitrogens is 2. The number of hydrogen-bond acceptors (Lipinski definition) is 3. The number of fused-ring (bicyclic) bond motifs is 1. The lowest BCUT2D eigenvalue weighted by Gasteiger charge is -2.36. The highest BCUT2D eigenvalue weighted by molar-refractivity contribution is 5.79. The van der Waals surface area contributed by atoms with Crippen molar-refractivity contribution in [2.75, 3.05) is 6.54 Å². The summed E-state index contributed by atoms with van der Waals surface area (Å²) in [6, 6.07) is 6.29. The Morgan fingerprint density at radius 2 is 2.32 bits per heavy atom. The second kappa shape index (κ2) is 6.38. The molecule has 1 heterocycles. The number of amides is 1. The molecule has 0 aliphatic heterocycles. The summed E-state index contributed by atoms with van der Waals surface area (Å²) in [5.74, 6) is 1.04. The lowest BCUT2D eigenvalue weighted by atomic mass is 9.91. The predicted octanol–water partition coefficient (Wildman–Crippen LogP) is 3.12. The molecule has 2 aromatic rings. The number of hydrogen-bond donors (Lipinski definition) is 1. The topological polar surface area (TPSA) is 58.2 Å². The smallest absolute Gasteiger partial charge is 0.219 e. The fraction of sp³-hybridized carbons (Fsp3) is 0.529. The molecule has 1 aromatic carbocycles. The standard InChI is InChI=1S/C17H23N3O2/c1-3-20(12(2)21)14-5-4-6-15(10-14)22-16-7-8-17-13(9-16)11-18-19-17/h7-9,11,14-15H,3-6,10H2,1-2H3,(H,18,19)/t14-,15-/m0/s1. The number of ether oxygens (including phenoxy) is 1. The SMILES string of the molecule is CCN(C(C)=O)[C@H]1CCC[C@H](Oc2ccc3[nH]ncc3c2)C1. The molecule has 118 valence electrons. The Labute approximate surface area is 130 Å². The van der Waals surface area contributed by atoms with Gasteiger partial charge in [-0.2, -0.15) is 5.10 Å². The van der Waals surface area contributed by atoms with Crippen LogP contribution in [0.25, 0.3) is 10.9 Å². The van der Waals surface area contributed by atoms with E-state index in [2.05, 4.69) is 10.2 Å². The number of benzene rings is 1. The van der Waals surface area contributed by atoms with Gasteiger partial charge in [0.15, 0.2) is 0 Å². The zero-order valence-electron chi connectivity index (χ0n) is 13.2. The molecule has 1 aromatic heterocycles. The summed E-state index contributed by atoms with van der Waals surface area (Å²) in [7, 11) is 0. The van der Waals surface area contributed by atoms with Gasteiger partial charge in [-0.1, -0.05) is 0 Å². The van der Waals surface area contributed by atoms with Crippen molar-refractivity contribution in [3.05, 3.63) is 24.4 Å². The number of rotatable bonds is 4. The van der Waals surface area contributed by atoms with E-state index in [0.29, 0.717) is 6.04 Å². The maximum atomic E-state index is 11.7. The molecule has 22 heavy (non-hydrogen) atoms. The normalized spacial score (nSPS) is 21.7. The van der Waals surface area contributed by atoms with Crippen molar-refractivity contribution in [1.29, 1.82) is 0 Å². The molecule has 1 fully saturated rings. The molecule has 1 N–H and O–H groups in total. The van der Waals surface area contributed by atoms with Crippen molar-refractivity contribution in [1.82, 2.24) is 15.1 Å². The number of aromatic amines is 1. The van der Waals surface area contributed by atoms with Crippen LogP contribution in [0.15, 0.2) is 24.4 Å². The molecule has 3 rings (SSSR count). The molecule has 5 nitrogen and oxygen atoms in total. The highest BCUT2D eigenvalue weighted by Gasteiger charge is 2.28. The number of H-pyrrole nitrogens is 1. The third-order valence-electron chi connectivity index (χ3n) is 4.50. The van der Waals surface area contributed by atoms with Crippen molar-refractivity contribution in [2.45, 2.75) is 51.7 Å². The van der Waals surface area contributed by atoms with Crippen molar-refractivity contribution >= 4 is 16.8 Å². The van der Waals surface area contributed by atoms with Gasteiger partial charge in [0, 0.05) is 31.3 Å². The van der Waals surface area contributed by atoms with Crippen LogP contribution in [0.1, 0.15) is 39.5 Å². The van der Waals surface area contributed by atoms with Crippen molar-refractivity contribution in [3.63, 3.8) is 0 Å². The van der Waals surface area contributed by atoms with E-state index in [1.54, 1.807) is 13.1 Å². The van der Waals surface area contributed by atoms with Gasteiger partial charge >= 0.3 is 0 Å². The zero-order chi connectivity index (χ0) is 15.5. The van der Waals surface area contributed by atoms with Crippen LogP contribution in [0.2, 0.25) is 0 Å². The van der Waals surface area contributed by atoms with Crippen molar-refractivity contribution in [2.24, 2.45) is 0 Å². The largest absolute Gasteiger partial charge is 0.490 e. The van der Waals surface area contributed by atoms with E-state index in [0.717, 1.165) is 48.9 Å². The first-order chi connectivity index (χ1) is 10.7. The molecule has 0 saturated heterocycles. The Morgan fingerprint density at radius 1 is 1.45 bits per heavy atom. The van der Waals surface area contributed by atoms with Gasteiger partial charge in [0.05, 0.1) is 11.7 Å². The molecule has 1 aliphatic rings. The quantitative estimate of drug-likeness (QED) is 0.944. The Hall–Kier alpha value is -2.04. The summed E-state index contributed by atoms with van der Waals surface area (Å²) in [5.41, 5.74) is 1.02. The molecule has 0 bridgehead atoms. The minimum Gasteiger partial charge on any atom is -0.490 e. The lowest BCUT2D eigenvalue weighted by molar-refractivity contribution is -0.132. The average Bonchev–Trinajstić information content (AvgIpc) is 2.95. The highest BCUT2D eigenvalue weighted by atomic mass is 16.5. The van der Waals surface area contributed by atoms with Gasteiger partial charge < -0.3 is 9.64 Å². The van der Waals surface area contributed by atoms with E-state index in [4.69, 9.17) is 4.74 Å². The van der Waals surface area contributed by atoms with Gasteiger partial charge in [0.25, 0.3) is 0 Å². The first-order valence-corrected chi connectivity index (χ1v) is 8.04. The number of nitrogens with zero attached hydrogens (tertiary/aromatic N) is 2. The number of carbonyl (C=O) groups excluding carboxylic acids is 1. The molecular formula is C17H23N3O2. The van der Waals surface area contributed by atoms with Crippen LogP contribution in [-0.4, -0.2) is 39.7 Å². The Balaban J connectivity index is 1.68. The van der Waals surface area contributed by atoms with E-state index in [1.807, 2.05) is 30.0 Å². The van der Waals surface area contributed by atoms with Crippen LogP contribution in [0.4, 0.5) is 0 Å². The van der Waals surface area contributed by atoms with Gasteiger partial charge in [-0.3, -0.25) is 9.89 Å². The van der Waals surface area contributed by atoms with Crippen LogP contribution in [0.3, 0.4) is 0 Å². The molecule has 0 unspecified atom stereocenters. The van der Waals surface area contributed by atoms with Gasteiger partial charge in [-0.25, -0.2) is 0 Å². The Morgan fingerprint density at radius 3 is 3.09 bits per heavy atom. The van der Waals surface area contributed by atoms with Gasteiger partial charge in [-0.15, -0.1) is 0 Å². The van der Waals surface area contributed by atoms with Crippen LogP contribution < -0.4 is 4.74 Å².